The number of anilines is 1. The van der Waals surface area contributed by atoms with E-state index in [4.69, 9.17) is 5.73 Å². The number of rotatable bonds is 9. The van der Waals surface area contributed by atoms with Crippen LogP contribution >= 0.6 is 23.1 Å². The maximum absolute atomic E-state index is 12.6. The van der Waals surface area contributed by atoms with Crippen LogP contribution in [0.1, 0.15) is 5.69 Å². The van der Waals surface area contributed by atoms with Gasteiger partial charge in [0.05, 0.1) is 0 Å². The maximum Gasteiger partial charge on any atom is 0.352 e. The van der Waals surface area contributed by atoms with E-state index >= 15 is 0 Å². The summed E-state index contributed by atoms with van der Waals surface area (Å²) in [5, 5.41) is 28.0. The molecule has 2 aliphatic rings. The van der Waals surface area contributed by atoms with E-state index in [1.54, 1.807) is 0 Å². The van der Waals surface area contributed by atoms with Crippen molar-refractivity contribution in [3.8, 4) is 0 Å². The minimum absolute atomic E-state index is 0.0241. The van der Waals surface area contributed by atoms with Gasteiger partial charge in [-0.15, -0.1) is 23.1 Å². The van der Waals surface area contributed by atoms with Gasteiger partial charge < -0.3 is 26.2 Å². The Morgan fingerprint density at radius 2 is 2.24 bits per heavy atom. The number of carbonyl (C=O) groups is 3. The first-order valence-electron chi connectivity index (χ1n) is 9.00. The molecular weight excluding hydrogens is 486 g/mol. The summed E-state index contributed by atoms with van der Waals surface area (Å²) in [6.45, 7) is -0.190. The van der Waals surface area contributed by atoms with Gasteiger partial charge in [-0.3, -0.25) is 14.5 Å². The SMILES string of the molecule is Nc1nc(/C(=N/O)C(=O)N[C@@H]2C(=O)N3C(C(=O)O)=C(/C=C/CON=CC(F)F)CS[C@H]23)cs1. The molecule has 0 unspecified atom stereocenters. The summed E-state index contributed by atoms with van der Waals surface area (Å²) in [5.41, 5.74) is 5.11. The summed E-state index contributed by atoms with van der Waals surface area (Å²) in [4.78, 5) is 46.4. The first kappa shape index (κ1) is 24.1. The van der Waals surface area contributed by atoms with Crippen molar-refractivity contribution in [2.75, 3.05) is 18.1 Å². The van der Waals surface area contributed by atoms with Gasteiger partial charge in [-0.1, -0.05) is 16.4 Å². The molecule has 3 heterocycles. The molecule has 1 fully saturated rings. The zero-order chi connectivity index (χ0) is 24.1. The van der Waals surface area contributed by atoms with Gasteiger partial charge >= 0.3 is 5.97 Å². The predicted molar refractivity (Wildman–Crippen MR) is 114 cm³/mol. The van der Waals surface area contributed by atoms with Gasteiger partial charge in [-0.2, -0.15) is 0 Å². The second-order valence-corrected chi connectivity index (χ2v) is 8.34. The fourth-order valence-corrected chi connectivity index (χ4v) is 4.82. The molecule has 0 radical (unpaired) electrons. The Morgan fingerprint density at radius 3 is 2.85 bits per heavy atom. The number of thioether (sulfide) groups is 1. The van der Waals surface area contributed by atoms with Crippen molar-refractivity contribution in [1.29, 1.82) is 0 Å². The van der Waals surface area contributed by atoms with Crippen LogP contribution in [0.3, 0.4) is 0 Å². The lowest BCUT2D eigenvalue weighted by Gasteiger charge is -2.49. The number of oxime groups is 2. The number of fused-ring (bicyclic) bond motifs is 1. The summed E-state index contributed by atoms with van der Waals surface area (Å²) < 4.78 is 23.9. The molecule has 0 bridgehead atoms. The molecule has 12 nitrogen and oxygen atoms in total. The van der Waals surface area contributed by atoms with E-state index in [0.29, 0.717) is 11.8 Å². The number of aromatic nitrogens is 1. The molecule has 1 saturated heterocycles. The number of hydrogen-bond donors (Lipinski definition) is 4. The molecule has 16 heteroatoms. The van der Waals surface area contributed by atoms with Crippen LogP contribution < -0.4 is 11.1 Å². The Bertz CT molecular complexity index is 1070. The average Bonchev–Trinajstić information content (AvgIpc) is 3.19. The van der Waals surface area contributed by atoms with Crippen molar-refractivity contribution in [1.82, 2.24) is 15.2 Å². The number of nitrogens with zero attached hydrogens (tertiary/aromatic N) is 4. The van der Waals surface area contributed by atoms with Crippen molar-refractivity contribution < 1.29 is 38.3 Å². The lowest BCUT2D eigenvalue weighted by molar-refractivity contribution is -0.150. The predicted octanol–water partition coefficient (Wildman–Crippen LogP) is 0.466. The first-order chi connectivity index (χ1) is 15.7. The highest BCUT2D eigenvalue weighted by atomic mass is 32.2. The third-order valence-corrected chi connectivity index (χ3v) is 6.28. The summed E-state index contributed by atoms with van der Waals surface area (Å²) >= 11 is 2.23. The number of allylic oxidation sites excluding steroid dienone is 1. The molecule has 0 aliphatic carbocycles. The van der Waals surface area contributed by atoms with E-state index in [1.165, 1.54) is 29.3 Å². The molecule has 176 valence electrons. The molecular formula is C17H16F2N6O6S2. The highest BCUT2D eigenvalue weighted by molar-refractivity contribution is 8.00. The van der Waals surface area contributed by atoms with Gasteiger partial charge in [0, 0.05) is 11.1 Å². The third-order valence-electron chi connectivity index (χ3n) is 4.30. The van der Waals surface area contributed by atoms with E-state index < -0.39 is 41.3 Å². The van der Waals surface area contributed by atoms with E-state index in [2.05, 4.69) is 25.4 Å². The number of hydrogen-bond acceptors (Lipinski definition) is 11. The molecule has 0 saturated carbocycles. The number of carboxylic acids is 1. The number of carboxylic acid groups (broad SMARTS) is 1. The molecule has 0 spiro atoms. The molecule has 2 aliphatic heterocycles. The zero-order valence-electron chi connectivity index (χ0n) is 16.4. The van der Waals surface area contributed by atoms with Gasteiger partial charge in [0.2, 0.25) is 0 Å². The van der Waals surface area contributed by atoms with E-state index in [-0.39, 0.29) is 28.9 Å². The number of carbonyl (C=O) groups excluding carboxylic acids is 2. The number of nitrogens with one attached hydrogen (secondary N) is 1. The Hall–Kier alpha value is -3.53. The number of halogens is 2. The lowest BCUT2D eigenvalue weighted by atomic mass is 10.0. The van der Waals surface area contributed by atoms with Crippen molar-refractivity contribution in [2.24, 2.45) is 10.3 Å². The Kier molecular flexibility index (Phi) is 7.59. The molecule has 0 aromatic carbocycles. The third kappa shape index (κ3) is 5.28. The Morgan fingerprint density at radius 1 is 1.48 bits per heavy atom. The molecule has 2 amide bonds. The number of amides is 2. The van der Waals surface area contributed by atoms with Crippen LogP contribution in [0.4, 0.5) is 13.9 Å². The first-order valence-corrected chi connectivity index (χ1v) is 10.9. The average molecular weight is 502 g/mol. The van der Waals surface area contributed by atoms with Crippen LogP contribution in [0.2, 0.25) is 0 Å². The molecule has 2 atom stereocenters. The van der Waals surface area contributed by atoms with Crippen molar-refractivity contribution in [3.63, 3.8) is 0 Å². The summed E-state index contributed by atoms with van der Waals surface area (Å²) in [6, 6.07) is -1.05. The number of nitrogens with two attached hydrogens (primary N) is 1. The van der Waals surface area contributed by atoms with Gasteiger partial charge in [-0.25, -0.2) is 18.6 Å². The number of alkyl halides is 2. The number of β-lactam (4-membered cyclic amide) rings is 1. The topological polar surface area (TPSA) is 180 Å². The highest BCUT2D eigenvalue weighted by Crippen LogP contribution is 2.40. The monoisotopic (exact) mass is 502 g/mol. The standard InChI is InChI=1S/C17H16F2N6O6S2/c18-9(19)4-21-31-3-1-2-7-5-32-15-11(14(27)25(15)12(7)16(28)29)23-13(26)10(24-30)8-6-33-17(20)22-8/h1-2,4,6,9,11,15,30H,3,5H2,(H2,20,22)(H,23,26)(H,28,29)/b2-1+,21-4?,24-10-/t11-,15-/m1/s1. The molecule has 1 aromatic rings. The van der Waals surface area contributed by atoms with Crippen LogP contribution in [0.5, 0.6) is 0 Å². The summed E-state index contributed by atoms with van der Waals surface area (Å²) in [6.07, 6.45) is 0.314. The molecule has 3 rings (SSSR count). The van der Waals surface area contributed by atoms with E-state index in [1.807, 2.05) is 0 Å². The lowest BCUT2D eigenvalue weighted by Crippen LogP contribution is -2.71. The quantitative estimate of drug-likeness (QED) is 0.123. The second kappa shape index (κ2) is 10.4. The van der Waals surface area contributed by atoms with E-state index in [9.17, 15) is 33.5 Å². The zero-order valence-corrected chi connectivity index (χ0v) is 18.1. The number of nitrogen functional groups attached to an aromatic ring is 1. The van der Waals surface area contributed by atoms with Crippen molar-refractivity contribution in [2.45, 2.75) is 17.8 Å². The van der Waals surface area contributed by atoms with Crippen LogP contribution in [-0.2, 0) is 19.2 Å². The molecule has 1 aromatic heterocycles. The number of thiazole rings is 1. The van der Waals surface area contributed by atoms with Crippen LogP contribution in [0.15, 0.2) is 39.1 Å². The molecule has 5 N–H and O–H groups in total. The normalized spacial score (nSPS) is 21.0. The van der Waals surface area contributed by atoms with E-state index in [0.717, 1.165) is 16.2 Å². The smallest absolute Gasteiger partial charge is 0.352 e. The Balaban J connectivity index is 1.69. The number of aliphatic carboxylic acids is 1. The van der Waals surface area contributed by atoms with Crippen LogP contribution in [0, 0.1) is 0 Å². The second-order valence-electron chi connectivity index (χ2n) is 6.35. The van der Waals surface area contributed by atoms with Crippen molar-refractivity contribution >= 4 is 57.9 Å². The van der Waals surface area contributed by atoms with Gasteiger partial charge in [-0.05, 0) is 11.6 Å². The van der Waals surface area contributed by atoms with Crippen LogP contribution in [0.25, 0.3) is 0 Å². The largest absolute Gasteiger partial charge is 0.477 e. The van der Waals surface area contributed by atoms with Gasteiger partial charge in [0.15, 0.2) is 10.8 Å². The minimum atomic E-state index is -2.76. The Labute approximate surface area is 192 Å². The van der Waals surface area contributed by atoms with Crippen LogP contribution in [-0.4, -0.2) is 80.1 Å². The molecule has 33 heavy (non-hydrogen) atoms. The highest BCUT2D eigenvalue weighted by Gasteiger charge is 2.54. The van der Waals surface area contributed by atoms with Crippen molar-refractivity contribution in [3.05, 3.63) is 34.5 Å². The summed E-state index contributed by atoms with van der Waals surface area (Å²) in [7, 11) is 0. The summed E-state index contributed by atoms with van der Waals surface area (Å²) in [5.74, 6) is -2.72. The fourth-order valence-electron chi connectivity index (χ4n) is 2.96. The van der Waals surface area contributed by atoms with Gasteiger partial charge in [0.25, 0.3) is 18.2 Å². The maximum atomic E-state index is 12.6. The minimum Gasteiger partial charge on any atom is -0.477 e. The fraction of sp³-hybridized carbons (Fsp3) is 0.294. The van der Waals surface area contributed by atoms with Gasteiger partial charge in [0.1, 0.15) is 35.6 Å².